The van der Waals surface area contributed by atoms with E-state index in [-0.39, 0.29) is 0 Å². The molecule has 1 saturated carbocycles. The van der Waals surface area contributed by atoms with Crippen molar-refractivity contribution >= 4 is 0 Å². The average Bonchev–Trinajstić information content (AvgIpc) is 3.20. The van der Waals surface area contributed by atoms with Crippen LogP contribution >= 0.6 is 0 Å². The number of aromatic nitrogens is 3. The normalized spacial score (nSPS) is 14.4. The first-order valence-electron chi connectivity index (χ1n) is 6.91. The highest BCUT2D eigenvalue weighted by atomic mass is 16.5. The average molecular weight is 274 g/mol. The number of methoxy groups -OCH3 is 1. The molecule has 1 fully saturated rings. The molecule has 106 valence electrons. The Labute approximate surface area is 117 Å². The highest BCUT2D eigenvalue weighted by molar-refractivity contribution is 5.60. The summed E-state index contributed by atoms with van der Waals surface area (Å²) in [7, 11) is 1.60. The molecule has 2 heterocycles. The molecular formula is C14H18N4O2. The zero-order chi connectivity index (χ0) is 13.8. The summed E-state index contributed by atoms with van der Waals surface area (Å²) in [5, 5.41) is 11.6. The zero-order valence-electron chi connectivity index (χ0n) is 11.5. The fourth-order valence-electron chi connectivity index (χ4n) is 2.02. The number of pyridine rings is 1. The summed E-state index contributed by atoms with van der Waals surface area (Å²) < 4.78 is 10.9. The van der Waals surface area contributed by atoms with Crippen molar-refractivity contribution in [1.82, 2.24) is 20.5 Å². The van der Waals surface area contributed by atoms with Crippen molar-refractivity contribution in [1.29, 1.82) is 0 Å². The standard InChI is InChI=1S/C14H18N4O2/c1-19-12-9-15-8-6-11(12)14-18-17-13(20-14)3-2-7-16-10-4-5-10/h6,8-10,16H,2-5,7H2,1H3. The minimum Gasteiger partial charge on any atom is -0.494 e. The van der Waals surface area contributed by atoms with Gasteiger partial charge in [-0.1, -0.05) is 0 Å². The second-order valence-electron chi connectivity index (χ2n) is 4.91. The van der Waals surface area contributed by atoms with E-state index in [1.807, 2.05) is 6.07 Å². The van der Waals surface area contributed by atoms with E-state index in [0.29, 0.717) is 17.5 Å². The number of rotatable bonds is 7. The van der Waals surface area contributed by atoms with Gasteiger partial charge in [-0.05, 0) is 31.9 Å². The first-order valence-corrected chi connectivity index (χ1v) is 6.91. The molecule has 0 amide bonds. The lowest BCUT2D eigenvalue weighted by atomic mass is 10.2. The molecule has 6 heteroatoms. The predicted octanol–water partition coefficient (Wildman–Crippen LogP) is 1.82. The Morgan fingerprint density at radius 3 is 3.10 bits per heavy atom. The summed E-state index contributed by atoms with van der Waals surface area (Å²) in [5.41, 5.74) is 0.775. The van der Waals surface area contributed by atoms with Crippen LogP contribution in [0.5, 0.6) is 5.75 Å². The Bertz CT molecular complexity index is 566. The maximum absolute atomic E-state index is 5.68. The van der Waals surface area contributed by atoms with Crippen molar-refractivity contribution in [3.8, 4) is 17.2 Å². The summed E-state index contributed by atoms with van der Waals surface area (Å²) in [6.07, 6.45) is 7.74. The molecule has 0 aromatic carbocycles. The molecular weight excluding hydrogens is 256 g/mol. The third-order valence-electron chi connectivity index (χ3n) is 3.28. The van der Waals surface area contributed by atoms with Gasteiger partial charge in [-0.3, -0.25) is 4.98 Å². The fourth-order valence-corrected chi connectivity index (χ4v) is 2.02. The summed E-state index contributed by atoms with van der Waals surface area (Å²) in [6, 6.07) is 2.56. The number of aryl methyl sites for hydroxylation is 1. The van der Waals surface area contributed by atoms with Gasteiger partial charge < -0.3 is 14.5 Å². The molecule has 0 aliphatic heterocycles. The van der Waals surface area contributed by atoms with Gasteiger partial charge in [0.25, 0.3) is 5.89 Å². The SMILES string of the molecule is COc1cnccc1-c1nnc(CCCNC2CC2)o1. The van der Waals surface area contributed by atoms with Crippen molar-refractivity contribution in [2.75, 3.05) is 13.7 Å². The van der Waals surface area contributed by atoms with Crippen LogP contribution in [0.1, 0.15) is 25.2 Å². The van der Waals surface area contributed by atoms with Gasteiger partial charge in [0.15, 0.2) is 0 Å². The molecule has 0 radical (unpaired) electrons. The van der Waals surface area contributed by atoms with E-state index >= 15 is 0 Å². The lowest BCUT2D eigenvalue weighted by Crippen LogP contribution is -2.17. The smallest absolute Gasteiger partial charge is 0.251 e. The molecule has 20 heavy (non-hydrogen) atoms. The second kappa shape index (κ2) is 6.00. The van der Waals surface area contributed by atoms with Gasteiger partial charge in [-0.25, -0.2) is 0 Å². The highest BCUT2D eigenvalue weighted by Gasteiger charge is 2.19. The molecule has 0 bridgehead atoms. The van der Waals surface area contributed by atoms with Crippen LogP contribution in [0.4, 0.5) is 0 Å². The van der Waals surface area contributed by atoms with Crippen LogP contribution in [0.25, 0.3) is 11.5 Å². The van der Waals surface area contributed by atoms with Crippen molar-refractivity contribution in [3.63, 3.8) is 0 Å². The highest BCUT2D eigenvalue weighted by Crippen LogP contribution is 2.27. The lowest BCUT2D eigenvalue weighted by molar-refractivity contribution is 0.411. The molecule has 6 nitrogen and oxygen atoms in total. The number of hydrogen-bond acceptors (Lipinski definition) is 6. The van der Waals surface area contributed by atoms with E-state index in [4.69, 9.17) is 9.15 Å². The third kappa shape index (κ3) is 3.14. The molecule has 1 N–H and O–H groups in total. The first-order chi connectivity index (χ1) is 9.86. The van der Waals surface area contributed by atoms with Crippen molar-refractivity contribution in [2.24, 2.45) is 0 Å². The lowest BCUT2D eigenvalue weighted by Gasteiger charge is -2.02. The number of ether oxygens (including phenoxy) is 1. The van der Waals surface area contributed by atoms with Gasteiger partial charge in [0.1, 0.15) is 5.75 Å². The largest absolute Gasteiger partial charge is 0.494 e. The summed E-state index contributed by atoms with van der Waals surface area (Å²) >= 11 is 0. The molecule has 0 spiro atoms. The molecule has 0 saturated heterocycles. The molecule has 3 rings (SSSR count). The maximum atomic E-state index is 5.68. The Morgan fingerprint density at radius 2 is 2.30 bits per heavy atom. The van der Waals surface area contributed by atoms with Crippen LogP contribution < -0.4 is 10.1 Å². The van der Waals surface area contributed by atoms with Gasteiger partial charge in [-0.15, -0.1) is 10.2 Å². The summed E-state index contributed by atoms with van der Waals surface area (Å²) in [4.78, 5) is 4.01. The van der Waals surface area contributed by atoms with Crippen LogP contribution in [-0.4, -0.2) is 34.9 Å². The number of hydrogen-bond donors (Lipinski definition) is 1. The topological polar surface area (TPSA) is 73.1 Å². The molecule has 0 unspecified atom stereocenters. The van der Waals surface area contributed by atoms with Gasteiger partial charge in [0, 0.05) is 18.7 Å². The first kappa shape index (κ1) is 13.1. The van der Waals surface area contributed by atoms with Gasteiger partial charge in [-0.2, -0.15) is 0 Å². The van der Waals surface area contributed by atoms with Crippen molar-refractivity contribution in [2.45, 2.75) is 31.7 Å². The van der Waals surface area contributed by atoms with Crippen LogP contribution in [-0.2, 0) is 6.42 Å². The zero-order valence-corrected chi connectivity index (χ0v) is 11.5. The minimum atomic E-state index is 0.481. The van der Waals surface area contributed by atoms with E-state index in [0.717, 1.165) is 31.0 Å². The van der Waals surface area contributed by atoms with E-state index in [1.165, 1.54) is 12.8 Å². The quantitative estimate of drug-likeness (QED) is 0.776. The van der Waals surface area contributed by atoms with Crippen LogP contribution in [0.3, 0.4) is 0 Å². The van der Waals surface area contributed by atoms with Gasteiger partial charge >= 0.3 is 0 Å². The Morgan fingerprint density at radius 1 is 1.40 bits per heavy atom. The van der Waals surface area contributed by atoms with E-state index < -0.39 is 0 Å². The minimum absolute atomic E-state index is 0.481. The Balaban J connectivity index is 1.60. The second-order valence-corrected chi connectivity index (χ2v) is 4.91. The maximum Gasteiger partial charge on any atom is 0.251 e. The van der Waals surface area contributed by atoms with Crippen molar-refractivity contribution < 1.29 is 9.15 Å². The van der Waals surface area contributed by atoms with Crippen LogP contribution in [0.15, 0.2) is 22.9 Å². The van der Waals surface area contributed by atoms with Crippen molar-refractivity contribution in [3.05, 3.63) is 24.4 Å². The fraction of sp³-hybridized carbons (Fsp3) is 0.500. The van der Waals surface area contributed by atoms with Gasteiger partial charge in [0.2, 0.25) is 5.89 Å². The predicted molar refractivity (Wildman–Crippen MR) is 73.4 cm³/mol. The Hall–Kier alpha value is -1.95. The molecule has 2 aromatic heterocycles. The van der Waals surface area contributed by atoms with Crippen LogP contribution in [0, 0.1) is 0 Å². The summed E-state index contributed by atoms with van der Waals surface area (Å²) in [6.45, 7) is 1.00. The molecule has 1 aliphatic rings. The molecule has 2 aromatic rings. The van der Waals surface area contributed by atoms with Gasteiger partial charge in [0.05, 0.1) is 18.9 Å². The monoisotopic (exact) mass is 274 g/mol. The van der Waals surface area contributed by atoms with Crippen LogP contribution in [0.2, 0.25) is 0 Å². The molecule has 0 atom stereocenters. The summed E-state index contributed by atoms with van der Waals surface area (Å²) in [5.74, 6) is 1.78. The van der Waals surface area contributed by atoms with E-state index in [2.05, 4.69) is 20.5 Å². The van der Waals surface area contributed by atoms with E-state index in [1.54, 1.807) is 19.5 Å². The third-order valence-corrected chi connectivity index (χ3v) is 3.28. The molecule has 1 aliphatic carbocycles. The Kier molecular flexibility index (Phi) is 3.92. The van der Waals surface area contributed by atoms with E-state index in [9.17, 15) is 0 Å². The number of nitrogens with zero attached hydrogens (tertiary/aromatic N) is 3. The number of nitrogens with one attached hydrogen (secondary N) is 1.